The zero-order valence-corrected chi connectivity index (χ0v) is 18.6. The number of rotatable bonds is 6. The molecule has 0 saturated heterocycles. The fourth-order valence-corrected chi connectivity index (χ4v) is 3.87. The third-order valence-electron chi connectivity index (χ3n) is 4.28. The van der Waals surface area contributed by atoms with Gasteiger partial charge in [0.1, 0.15) is 0 Å². The number of aliphatic imine (C=N–C) groups is 1. The molecule has 0 fully saturated rings. The summed E-state index contributed by atoms with van der Waals surface area (Å²) >= 11 is 0. The summed E-state index contributed by atoms with van der Waals surface area (Å²) in [7, 11) is -8.28. The second kappa shape index (κ2) is 7.93. The number of benzene rings is 1. The van der Waals surface area contributed by atoms with Crippen molar-refractivity contribution < 1.29 is 78.8 Å². The largest absolute Gasteiger partial charge is 1.00 e. The fraction of sp³-hybridized carbons (Fsp3) is 0.500. The molecule has 2 N–H and O–H groups in total. The van der Waals surface area contributed by atoms with Gasteiger partial charge < -0.3 is 1.43 Å². The van der Waals surface area contributed by atoms with Crippen LogP contribution in [0, 0.1) is 0 Å². The van der Waals surface area contributed by atoms with Crippen LogP contribution in [0.4, 0.5) is 5.69 Å². The summed E-state index contributed by atoms with van der Waals surface area (Å²) in [6, 6.07) is 4.26. The van der Waals surface area contributed by atoms with Gasteiger partial charge in [-0.3, -0.25) is 14.1 Å². The average Bonchev–Trinajstić information content (AvgIpc) is 2.65. The van der Waals surface area contributed by atoms with Crippen molar-refractivity contribution in [3.8, 4) is 0 Å². The molecule has 0 bridgehead atoms. The SMILES string of the molecule is CC1=Nc2ccc(S(=O)(=O)O)cc2C1(C)CCCCS(=O)(=O)O.[H-].[K+]. The molecule has 7 nitrogen and oxygen atoms in total. The maximum absolute atomic E-state index is 11.3. The van der Waals surface area contributed by atoms with Crippen LogP contribution in [0.1, 0.15) is 40.1 Å². The molecule has 1 aromatic rings. The number of nitrogens with zero attached hydrogens (tertiary/aromatic N) is 1. The molecule has 24 heavy (non-hydrogen) atoms. The molecule has 0 amide bonds. The predicted octanol–water partition coefficient (Wildman–Crippen LogP) is -0.528. The fourth-order valence-electron chi connectivity index (χ4n) is 2.79. The standard InChI is InChI=1S/C14H19NO6S2.K.H/c1-10-14(2,7-3-4-8-22(16,17)18)12-9-11(23(19,20)21)5-6-13(12)15-10;;/h5-6,9H,3-4,7-8H2,1-2H3,(H,16,17,18)(H,19,20,21);;/q;+1;-1. The second-order valence-corrected chi connectivity index (χ2v) is 8.92. The van der Waals surface area contributed by atoms with Crippen molar-refractivity contribution in [3.63, 3.8) is 0 Å². The van der Waals surface area contributed by atoms with Crippen LogP contribution in [0.15, 0.2) is 28.1 Å². The van der Waals surface area contributed by atoms with Crippen LogP contribution in [0.25, 0.3) is 0 Å². The molecule has 1 aliphatic rings. The van der Waals surface area contributed by atoms with Crippen molar-refractivity contribution in [1.82, 2.24) is 0 Å². The van der Waals surface area contributed by atoms with Crippen molar-refractivity contribution in [2.45, 2.75) is 43.4 Å². The molecule has 1 aromatic carbocycles. The van der Waals surface area contributed by atoms with E-state index in [0.717, 1.165) is 5.71 Å². The van der Waals surface area contributed by atoms with Crippen LogP contribution in [0.5, 0.6) is 0 Å². The van der Waals surface area contributed by atoms with E-state index in [4.69, 9.17) is 4.55 Å². The first-order valence-corrected chi connectivity index (χ1v) is 10.1. The van der Waals surface area contributed by atoms with Gasteiger partial charge in [-0.15, -0.1) is 0 Å². The van der Waals surface area contributed by atoms with E-state index in [2.05, 4.69) is 4.99 Å². The minimum atomic E-state index is -4.30. The summed E-state index contributed by atoms with van der Waals surface area (Å²) in [6.45, 7) is 3.73. The summed E-state index contributed by atoms with van der Waals surface area (Å²) < 4.78 is 62.1. The Kier molecular flexibility index (Phi) is 7.40. The van der Waals surface area contributed by atoms with Gasteiger partial charge in [0.15, 0.2) is 0 Å². The molecule has 0 aliphatic carbocycles. The molecule has 130 valence electrons. The molecule has 0 spiro atoms. The first-order chi connectivity index (χ1) is 10.4. The Morgan fingerprint density at radius 1 is 1.17 bits per heavy atom. The van der Waals surface area contributed by atoms with E-state index in [1.165, 1.54) is 12.1 Å². The Morgan fingerprint density at radius 2 is 1.79 bits per heavy atom. The molecule has 0 radical (unpaired) electrons. The van der Waals surface area contributed by atoms with E-state index in [0.29, 0.717) is 30.5 Å². The summed E-state index contributed by atoms with van der Waals surface area (Å²) in [5.74, 6) is -0.308. The molecule has 2 rings (SSSR count). The Balaban J connectivity index is 0.00000288. The Bertz CT molecular complexity index is 869. The van der Waals surface area contributed by atoms with Crippen LogP contribution in [0.2, 0.25) is 0 Å². The Labute approximate surface area is 186 Å². The molecule has 0 aromatic heterocycles. The van der Waals surface area contributed by atoms with Gasteiger partial charge in [0, 0.05) is 11.1 Å². The van der Waals surface area contributed by atoms with Gasteiger partial charge in [-0.2, -0.15) is 16.8 Å². The van der Waals surface area contributed by atoms with Crippen LogP contribution in [-0.4, -0.2) is 37.4 Å². The average molecular weight is 402 g/mol. The van der Waals surface area contributed by atoms with Gasteiger partial charge in [0.2, 0.25) is 0 Å². The van der Waals surface area contributed by atoms with Gasteiger partial charge in [-0.25, -0.2) is 0 Å². The molecular formula is C14H20KNO6S2. The zero-order valence-electron chi connectivity index (χ0n) is 14.9. The summed E-state index contributed by atoms with van der Waals surface area (Å²) in [5.41, 5.74) is 1.60. The number of hydrogen-bond donors (Lipinski definition) is 2. The predicted molar refractivity (Wildman–Crippen MR) is 87.8 cm³/mol. The Morgan fingerprint density at radius 3 is 2.33 bits per heavy atom. The van der Waals surface area contributed by atoms with E-state index in [1.54, 1.807) is 6.07 Å². The smallest absolute Gasteiger partial charge is 1.00 e. The third-order valence-corrected chi connectivity index (χ3v) is 5.93. The Hall–Kier alpha value is 0.346. The zero-order chi connectivity index (χ0) is 17.5. The first kappa shape index (κ1) is 22.4. The van der Waals surface area contributed by atoms with Gasteiger partial charge in [0.05, 0.1) is 16.3 Å². The maximum Gasteiger partial charge on any atom is 1.00 e. The molecule has 1 unspecified atom stereocenters. The molecule has 10 heteroatoms. The van der Waals surface area contributed by atoms with E-state index >= 15 is 0 Å². The van der Waals surface area contributed by atoms with Gasteiger partial charge in [-0.05, 0) is 43.5 Å². The number of unbranched alkanes of at least 4 members (excludes halogenated alkanes) is 1. The third kappa shape index (κ3) is 5.18. The maximum atomic E-state index is 11.3. The number of fused-ring (bicyclic) bond motifs is 1. The quantitative estimate of drug-likeness (QED) is 0.376. The molecule has 1 atom stereocenters. The van der Waals surface area contributed by atoms with Gasteiger partial charge in [0.25, 0.3) is 20.2 Å². The summed E-state index contributed by atoms with van der Waals surface area (Å²) in [6.07, 6.45) is 1.38. The molecular weight excluding hydrogens is 381 g/mol. The summed E-state index contributed by atoms with van der Waals surface area (Å²) in [5, 5.41) is 0. The molecule has 1 heterocycles. The van der Waals surface area contributed by atoms with Gasteiger partial charge >= 0.3 is 51.4 Å². The van der Waals surface area contributed by atoms with Crippen LogP contribution < -0.4 is 51.4 Å². The minimum Gasteiger partial charge on any atom is -1.00 e. The van der Waals surface area contributed by atoms with E-state index in [1.807, 2.05) is 13.8 Å². The summed E-state index contributed by atoms with van der Waals surface area (Å²) in [4.78, 5) is 4.24. The van der Waals surface area contributed by atoms with Crippen molar-refractivity contribution in [1.29, 1.82) is 0 Å². The van der Waals surface area contributed by atoms with E-state index < -0.39 is 25.7 Å². The first-order valence-electron chi connectivity index (χ1n) is 7.06. The van der Waals surface area contributed by atoms with Gasteiger partial charge in [-0.1, -0.05) is 13.3 Å². The van der Waals surface area contributed by atoms with E-state index in [-0.39, 0.29) is 63.5 Å². The second-order valence-electron chi connectivity index (χ2n) is 5.93. The topological polar surface area (TPSA) is 121 Å². The minimum absolute atomic E-state index is 0. The van der Waals surface area contributed by atoms with Crippen molar-refractivity contribution >= 4 is 31.6 Å². The van der Waals surface area contributed by atoms with Crippen molar-refractivity contribution in [3.05, 3.63) is 23.8 Å². The van der Waals surface area contributed by atoms with Crippen LogP contribution >= 0.6 is 0 Å². The van der Waals surface area contributed by atoms with Crippen LogP contribution in [-0.2, 0) is 25.7 Å². The van der Waals surface area contributed by atoms with Crippen LogP contribution in [0.3, 0.4) is 0 Å². The normalized spacial score (nSPS) is 20.2. The molecule has 0 saturated carbocycles. The number of hydrogen-bond acceptors (Lipinski definition) is 5. The monoisotopic (exact) mass is 401 g/mol. The van der Waals surface area contributed by atoms with E-state index in [9.17, 15) is 21.4 Å². The van der Waals surface area contributed by atoms with Crippen molar-refractivity contribution in [2.75, 3.05) is 5.75 Å². The molecule has 1 aliphatic heterocycles. The van der Waals surface area contributed by atoms with Crippen molar-refractivity contribution in [2.24, 2.45) is 4.99 Å².